The Morgan fingerprint density at radius 2 is 1.78 bits per heavy atom. The molecule has 0 bridgehead atoms. The number of methoxy groups -OCH3 is 1. The van der Waals surface area contributed by atoms with Crippen molar-refractivity contribution in [1.29, 1.82) is 0 Å². The third-order valence-corrected chi connectivity index (χ3v) is 8.58. The lowest BCUT2D eigenvalue weighted by Gasteiger charge is -2.28. The molecule has 1 aromatic heterocycles. The lowest BCUT2D eigenvalue weighted by atomic mass is 10.1. The number of halogens is 1. The number of nitrogens with zero attached hydrogens (tertiary/aromatic N) is 3. The first-order chi connectivity index (χ1) is 17.8. The number of esters is 1. The van der Waals surface area contributed by atoms with Crippen molar-refractivity contribution >= 4 is 27.6 Å². The van der Waals surface area contributed by atoms with Crippen LogP contribution in [0, 0.1) is 0 Å². The summed E-state index contributed by atoms with van der Waals surface area (Å²) in [5.41, 5.74) is 2.19. The zero-order valence-corrected chi connectivity index (χ0v) is 23.0. The van der Waals surface area contributed by atoms with Gasteiger partial charge in [-0.15, -0.1) is 0 Å². The van der Waals surface area contributed by atoms with E-state index in [2.05, 4.69) is 11.9 Å². The van der Waals surface area contributed by atoms with E-state index in [1.165, 1.54) is 23.5 Å². The van der Waals surface area contributed by atoms with E-state index in [9.17, 15) is 18.3 Å². The number of ether oxygens (including phenoxy) is 1. The van der Waals surface area contributed by atoms with Crippen molar-refractivity contribution in [3.05, 3.63) is 82.4 Å². The minimum atomic E-state index is -3.99. The van der Waals surface area contributed by atoms with Crippen molar-refractivity contribution < 1.29 is 23.1 Å². The Kier molecular flexibility index (Phi) is 10.3. The number of carbonyl (C=O) groups excluding carboxylic acids is 1. The van der Waals surface area contributed by atoms with Gasteiger partial charge in [0.2, 0.25) is 10.0 Å². The van der Waals surface area contributed by atoms with E-state index < -0.39 is 22.0 Å². The van der Waals surface area contributed by atoms with Crippen LogP contribution in [0.2, 0.25) is 5.15 Å². The van der Waals surface area contributed by atoms with E-state index in [0.717, 1.165) is 36.2 Å². The Labute approximate surface area is 223 Å². The van der Waals surface area contributed by atoms with Gasteiger partial charge in [-0.2, -0.15) is 4.31 Å². The van der Waals surface area contributed by atoms with E-state index in [-0.39, 0.29) is 29.6 Å². The summed E-state index contributed by atoms with van der Waals surface area (Å²) < 4.78 is 35.3. The summed E-state index contributed by atoms with van der Waals surface area (Å²) in [5, 5.41) is 10.1. The highest BCUT2D eigenvalue weighted by Gasteiger charge is 2.35. The zero-order valence-electron chi connectivity index (χ0n) is 21.4. The highest BCUT2D eigenvalue weighted by atomic mass is 35.5. The molecule has 0 spiro atoms. The summed E-state index contributed by atoms with van der Waals surface area (Å²) >= 11 is 6.24. The molecular formula is C27H34ClN3O5S. The number of aryl methyl sites for hydroxylation is 1. The van der Waals surface area contributed by atoms with Gasteiger partial charge in [-0.25, -0.2) is 13.4 Å². The van der Waals surface area contributed by atoms with E-state index in [1.54, 1.807) is 19.1 Å². The Hall–Kier alpha value is -2.72. The van der Waals surface area contributed by atoms with E-state index in [0.29, 0.717) is 12.2 Å². The molecule has 0 amide bonds. The van der Waals surface area contributed by atoms with Crippen LogP contribution in [0.4, 0.5) is 0 Å². The number of sulfonamides is 1. The monoisotopic (exact) mass is 547 g/mol. The molecule has 3 aromatic rings. The molecule has 8 nitrogen and oxygen atoms in total. The van der Waals surface area contributed by atoms with Crippen LogP contribution in [0.3, 0.4) is 0 Å². The van der Waals surface area contributed by atoms with Crippen LogP contribution in [-0.4, -0.2) is 53.0 Å². The van der Waals surface area contributed by atoms with Gasteiger partial charge in [0.1, 0.15) is 11.9 Å². The molecule has 1 atom stereocenters. The first-order valence-electron chi connectivity index (χ1n) is 12.3. The van der Waals surface area contributed by atoms with Crippen LogP contribution in [0.5, 0.6) is 0 Å². The lowest BCUT2D eigenvalue weighted by Crippen LogP contribution is -2.46. The van der Waals surface area contributed by atoms with Crippen LogP contribution in [0.25, 0.3) is 0 Å². The third kappa shape index (κ3) is 6.78. The number of benzene rings is 2. The van der Waals surface area contributed by atoms with Crippen molar-refractivity contribution in [2.45, 2.75) is 63.6 Å². The van der Waals surface area contributed by atoms with Crippen LogP contribution in [0.15, 0.2) is 59.5 Å². The minimum absolute atomic E-state index is 0.0808. The number of carbonyl (C=O) groups is 1. The fourth-order valence-electron chi connectivity index (χ4n) is 4.29. The van der Waals surface area contributed by atoms with Crippen LogP contribution in [0.1, 0.15) is 49.3 Å². The number of rotatable bonds is 13. The molecule has 0 aliphatic heterocycles. The maximum absolute atomic E-state index is 13.6. The number of imidazole rings is 1. The smallest absolute Gasteiger partial charge is 0.324 e. The fraction of sp³-hybridized carbons (Fsp3) is 0.407. The highest BCUT2D eigenvalue weighted by molar-refractivity contribution is 7.89. The van der Waals surface area contributed by atoms with Crippen molar-refractivity contribution in [1.82, 2.24) is 13.9 Å². The van der Waals surface area contributed by atoms with Crippen LogP contribution < -0.4 is 0 Å². The average molecular weight is 548 g/mol. The molecule has 0 radical (unpaired) electrons. The average Bonchev–Trinajstić information content (AvgIpc) is 3.20. The molecule has 0 aliphatic carbocycles. The van der Waals surface area contributed by atoms with Gasteiger partial charge in [0.25, 0.3) is 0 Å². The molecule has 3 rings (SSSR count). The summed E-state index contributed by atoms with van der Waals surface area (Å²) in [6.45, 7) is 4.04. The quantitative estimate of drug-likeness (QED) is 0.322. The molecule has 37 heavy (non-hydrogen) atoms. The molecule has 1 N–H and O–H groups in total. The van der Waals surface area contributed by atoms with Crippen LogP contribution in [-0.2, 0) is 45.5 Å². The Morgan fingerprint density at radius 3 is 2.35 bits per heavy atom. The van der Waals surface area contributed by atoms with Crippen molar-refractivity contribution in [3.8, 4) is 0 Å². The third-order valence-electron chi connectivity index (χ3n) is 6.28. The standard InChI is InChI=1S/C27H34ClN3O5S/c1-4-6-12-25-29-26(28)24(19-32)30(25)18-21-13-15-22(16-14-21)37(34,35)31(5-2)23(27(33)36-3)17-20-10-8-7-9-11-20/h7-11,13-16,23,32H,4-6,12,17-19H2,1-3H3/t23-/m1/s1. The second kappa shape index (κ2) is 13.2. The molecule has 0 saturated carbocycles. The zero-order chi connectivity index (χ0) is 27.0. The number of hydrogen-bond donors (Lipinski definition) is 1. The van der Waals surface area contributed by atoms with Gasteiger partial charge in [-0.3, -0.25) is 4.79 Å². The Bertz CT molecular complexity index is 1280. The van der Waals surface area contributed by atoms with Gasteiger partial charge in [-0.05, 0) is 36.1 Å². The Balaban J connectivity index is 1.88. The Morgan fingerprint density at radius 1 is 1.11 bits per heavy atom. The first-order valence-corrected chi connectivity index (χ1v) is 14.2. The predicted molar refractivity (Wildman–Crippen MR) is 143 cm³/mol. The molecule has 0 unspecified atom stereocenters. The topological polar surface area (TPSA) is 102 Å². The first kappa shape index (κ1) is 28.8. The van der Waals surface area contributed by atoms with Crippen molar-refractivity contribution in [2.75, 3.05) is 13.7 Å². The van der Waals surface area contributed by atoms with E-state index >= 15 is 0 Å². The van der Waals surface area contributed by atoms with Crippen molar-refractivity contribution in [2.24, 2.45) is 0 Å². The second-order valence-corrected chi connectivity index (χ2v) is 10.9. The number of likely N-dealkylation sites (N-methyl/N-ethyl adjacent to an activating group) is 1. The van der Waals surface area contributed by atoms with Crippen LogP contribution >= 0.6 is 11.6 Å². The number of aliphatic hydroxyl groups excluding tert-OH is 1. The normalized spacial score (nSPS) is 12.6. The predicted octanol–water partition coefficient (Wildman–Crippen LogP) is 4.21. The van der Waals surface area contributed by atoms with E-state index in [4.69, 9.17) is 16.3 Å². The minimum Gasteiger partial charge on any atom is -0.468 e. The van der Waals surface area contributed by atoms with Gasteiger partial charge in [-0.1, -0.05) is 74.3 Å². The molecule has 1 heterocycles. The number of aliphatic hydroxyl groups is 1. The summed E-state index contributed by atoms with van der Waals surface area (Å²) in [7, 11) is -2.73. The largest absolute Gasteiger partial charge is 0.468 e. The van der Waals surface area contributed by atoms with Gasteiger partial charge in [0, 0.05) is 19.5 Å². The van der Waals surface area contributed by atoms with Crippen molar-refractivity contribution in [3.63, 3.8) is 0 Å². The lowest BCUT2D eigenvalue weighted by molar-refractivity contribution is -0.145. The highest BCUT2D eigenvalue weighted by Crippen LogP contribution is 2.24. The number of hydrogen-bond acceptors (Lipinski definition) is 6. The molecule has 2 aromatic carbocycles. The van der Waals surface area contributed by atoms with Gasteiger partial charge < -0.3 is 14.4 Å². The summed E-state index contributed by atoms with van der Waals surface area (Å²) in [4.78, 5) is 17.1. The summed E-state index contributed by atoms with van der Waals surface area (Å²) in [6.07, 6.45) is 2.86. The van der Waals surface area contributed by atoms with Gasteiger partial charge in [0.15, 0.2) is 5.15 Å². The van der Waals surface area contributed by atoms with Gasteiger partial charge in [0.05, 0.1) is 24.3 Å². The molecular weight excluding hydrogens is 514 g/mol. The summed E-state index contributed by atoms with van der Waals surface area (Å²) in [6, 6.07) is 14.8. The van der Waals surface area contributed by atoms with Gasteiger partial charge >= 0.3 is 5.97 Å². The molecule has 0 saturated heterocycles. The molecule has 10 heteroatoms. The maximum Gasteiger partial charge on any atom is 0.324 e. The van der Waals surface area contributed by atoms with E-state index in [1.807, 2.05) is 34.9 Å². The summed E-state index contributed by atoms with van der Waals surface area (Å²) in [5.74, 6) is 0.172. The molecule has 0 fully saturated rings. The fourth-order valence-corrected chi connectivity index (χ4v) is 6.13. The second-order valence-electron chi connectivity index (χ2n) is 8.69. The number of unbranched alkanes of at least 4 members (excludes halogenated alkanes) is 1. The molecule has 200 valence electrons. The SMILES string of the molecule is CCCCc1nc(Cl)c(CO)n1Cc1ccc(S(=O)(=O)N(CC)[C@H](Cc2ccccc2)C(=O)OC)cc1. The maximum atomic E-state index is 13.6. The molecule has 0 aliphatic rings. The number of aromatic nitrogens is 2.